The number of nitrogens with zero attached hydrogens (tertiary/aromatic N) is 2. The first-order valence-electron chi connectivity index (χ1n) is 8.88. The second kappa shape index (κ2) is 8.85. The monoisotopic (exact) mass is 347 g/mol. The second-order valence-electron chi connectivity index (χ2n) is 6.95. The Morgan fingerprint density at radius 2 is 1.76 bits per heavy atom. The van der Waals surface area contributed by atoms with Gasteiger partial charge in [0.05, 0.1) is 0 Å². The van der Waals surface area contributed by atoms with Crippen molar-refractivity contribution in [3.63, 3.8) is 0 Å². The fourth-order valence-corrected chi connectivity index (χ4v) is 3.00. The summed E-state index contributed by atoms with van der Waals surface area (Å²) in [6.07, 6.45) is 0.288. The average molecular weight is 347 g/mol. The topological polar surface area (TPSA) is 61.9 Å². The molecule has 0 bridgehead atoms. The Kier molecular flexibility index (Phi) is 6.82. The first-order chi connectivity index (χ1) is 11.9. The van der Waals surface area contributed by atoms with Gasteiger partial charge in [-0.3, -0.25) is 9.59 Å². The molecule has 6 nitrogen and oxygen atoms in total. The number of carbonyl (C=O) groups excluding carboxylic acids is 2. The molecule has 1 fully saturated rings. The molecular formula is C19H29N3O3. The molecule has 0 atom stereocenters. The molecule has 2 rings (SSSR count). The summed E-state index contributed by atoms with van der Waals surface area (Å²) in [5, 5.41) is 2.87. The van der Waals surface area contributed by atoms with E-state index in [1.165, 1.54) is 5.69 Å². The third-order valence-corrected chi connectivity index (χ3v) is 4.26. The van der Waals surface area contributed by atoms with Crippen LogP contribution >= 0.6 is 0 Å². The molecule has 25 heavy (non-hydrogen) atoms. The van der Waals surface area contributed by atoms with Gasteiger partial charge in [-0.2, -0.15) is 0 Å². The van der Waals surface area contributed by atoms with Gasteiger partial charge in [-0.25, -0.2) is 0 Å². The van der Waals surface area contributed by atoms with Crippen molar-refractivity contribution in [3.05, 3.63) is 30.3 Å². The maximum Gasteiger partial charge on any atom is 0.246 e. The van der Waals surface area contributed by atoms with E-state index < -0.39 is 5.54 Å². The molecule has 1 aliphatic rings. The number of nitrogens with one attached hydrogen (secondary N) is 1. The van der Waals surface area contributed by atoms with E-state index in [0.29, 0.717) is 19.7 Å². The van der Waals surface area contributed by atoms with Crippen molar-refractivity contribution >= 4 is 17.5 Å². The maximum atomic E-state index is 12.6. The van der Waals surface area contributed by atoms with Gasteiger partial charge in [-0.15, -0.1) is 0 Å². The molecule has 0 radical (unpaired) electrons. The number of benzene rings is 1. The quantitative estimate of drug-likeness (QED) is 0.815. The zero-order valence-corrected chi connectivity index (χ0v) is 15.5. The molecule has 0 aliphatic carbocycles. The molecule has 1 N–H and O–H groups in total. The molecule has 138 valence electrons. The molecule has 6 heteroatoms. The third-order valence-electron chi connectivity index (χ3n) is 4.26. The molecule has 0 spiro atoms. The predicted octanol–water partition coefficient (Wildman–Crippen LogP) is 1.66. The van der Waals surface area contributed by atoms with E-state index in [9.17, 15) is 9.59 Å². The second-order valence-corrected chi connectivity index (χ2v) is 6.95. The van der Waals surface area contributed by atoms with Gasteiger partial charge in [0, 0.05) is 50.4 Å². The Hall–Kier alpha value is -2.08. The summed E-state index contributed by atoms with van der Waals surface area (Å²) in [6, 6.07) is 10.2. The summed E-state index contributed by atoms with van der Waals surface area (Å²) in [7, 11) is 0. The van der Waals surface area contributed by atoms with E-state index in [4.69, 9.17) is 4.74 Å². The van der Waals surface area contributed by atoms with Crippen LogP contribution in [0.3, 0.4) is 0 Å². The van der Waals surface area contributed by atoms with Gasteiger partial charge < -0.3 is 19.9 Å². The summed E-state index contributed by atoms with van der Waals surface area (Å²) in [6.45, 7) is 9.18. The highest BCUT2D eigenvalue weighted by atomic mass is 16.5. The summed E-state index contributed by atoms with van der Waals surface area (Å²) in [4.78, 5) is 28.6. The largest absolute Gasteiger partial charge is 0.372 e. The molecular weight excluding hydrogens is 318 g/mol. The zero-order valence-electron chi connectivity index (χ0n) is 15.5. The molecule has 2 amide bonds. The Labute approximate surface area is 150 Å². The SMILES string of the molecule is CCOCC(=O)NC(C)(C)CC(=O)N1CCN(c2ccccc2)CC1. The number of hydrogen-bond acceptors (Lipinski definition) is 4. The van der Waals surface area contributed by atoms with Gasteiger partial charge >= 0.3 is 0 Å². The van der Waals surface area contributed by atoms with E-state index in [2.05, 4.69) is 22.3 Å². The Morgan fingerprint density at radius 1 is 1.12 bits per heavy atom. The lowest BCUT2D eigenvalue weighted by molar-refractivity contribution is -0.134. The molecule has 0 unspecified atom stereocenters. The van der Waals surface area contributed by atoms with Crippen molar-refractivity contribution in [3.8, 4) is 0 Å². The van der Waals surface area contributed by atoms with Gasteiger partial charge in [-0.05, 0) is 32.9 Å². The lowest BCUT2D eigenvalue weighted by Gasteiger charge is -2.37. The first-order valence-corrected chi connectivity index (χ1v) is 8.88. The summed E-state index contributed by atoms with van der Waals surface area (Å²) in [5.41, 5.74) is 0.611. The van der Waals surface area contributed by atoms with Crippen LogP contribution in [-0.4, -0.2) is 61.6 Å². The van der Waals surface area contributed by atoms with E-state index in [0.717, 1.165) is 13.1 Å². The highest BCUT2D eigenvalue weighted by Crippen LogP contribution is 2.17. The van der Waals surface area contributed by atoms with E-state index >= 15 is 0 Å². The van der Waals surface area contributed by atoms with Crippen LogP contribution in [0.1, 0.15) is 27.2 Å². The first kappa shape index (κ1) is 19.2. The van der Waals surface area contributed by atoms with Gasteiger partial charge in [0.15, 0.2) is 0 Å². The molecule has 1 saturated heterocycles. The molecule has 0 aromatic heterocycles. The number of piperazine rings is 1. The minimum absolute atomic E-state index is 0.0316. The highest BCUT2D eigenvalue weighted by molar-refractivity contribution is 5.81. The lowest BCUT2D eigenvalue weighted by Crippen LogP contribution is -2.53. The van der Waals surface area contributed by atoms with Gasteiger partial charge in [-0.1, -0.05) is 18.2 Å². The number of carbonyl (C=O) groups is 2. The van der Waals surface area contributed by atoms with Crippen LogP contribution < -0.4 is 10.2 Å². The van der Waals surface area contributed by atoms with E-state index in [1.807, 2.05) is 43.9 Å². The number of anilines is 1. The van der Waals surface area contributed by atoms with Crippen molar-refractivity contribution in [1.82, 2.24) is 10.2 Å². The number of ether oxygens (including phenoxy) is 1. The summed E-state index contributed by atoms with van der Waals surface area (Å²) in [5.74, 6) is -0.108. The molecule has 0 saturated carbocycles. The predicted molar refractivity (Wildman–Crippen MR) is 98.6 cm³/mol. The lowest BCUT2D eigenvalue weighted by atomic mass is 9.99. The van der Waals surface area contributed by atoms with Crippen molar-refractivity contribution < 1.29 is 14.3 Å². The maximum absolute atomic E-state index is 12.6. The fourth-order valence-electron chi connectivity index (χ4n) is 3.00. The standard InChI is InChI=1S/C19H29N3O3/c1-4-25-15-17(23)20-19(2,3)14-18(24)22-12-10-21(11-13-22)16-8-6-5-7-9-16/h5-9H,4,10-15H2,1-3H3,(H,20,23). The Balaban J connectivity index is 1.80. The highest BCUT2D eigenvalue weighted by Gasteiger charge is 2.28. The Bertz CT molecular complexity index is 567. The van der Waals surface area contributed by atoms with Crippen molar-refractivity contribution in [2.24, 2.45) is 0 Å². The Morgan fingerprint density at radius 3 is 2.36 bits per heavy atom. The van der Waals surface area contributed by atoms with Crippen LogP contribution in [0, 0.1) is 0 Å². The number of hydrogen-bond donors (Lipinski definition) is 1. The van der Waals surface area contributed by atoms with Gasteiger partial charge in [0.1, 0.15) is 6.61 Å². The fraction of sp³-hybridized carbons (Fsp3) is 0.579. The van der Waals surface area contributed by atoms with Crippen LogP contribution in [0.15, 0.2) is 30.3 Å². The van der Waals surface area contributed by atoms with Crippen LogP contribution in [0.2, 0.25) is 0 Å². The summed E-state index contributed by atoms with van der Waals surface area (Å²) >= 11 is 0. The van der Waals surface area contributed by atoms with Gasteiger partial charge in [0.25, 0.3) is 0 Å². The summed E-state index contributed by atoms with van der Waals surface area (Å²) < 4.78 is 5.10. The van der Waals surface area contributed by atoms with E-state index in [-0.39, 0.29) is 24.8 Å². The third kappa shape index (κ3) is 6.05. The van der Waals surface area contributed by atoms with Crippen molar-refractivity contribution in [1.29, 1.82) is 0 Å². The van der Waals surface area contributed by atoms with Crippen LogP contribution in [0.25, 0.3) is 0 Å². The van der Waals surface area contributed by atoms with Crippen LogP contribution in [0.4, 0.5) is 5.69 Å². The van der Waals surface area contributed by atoms with Crippen molar-refractivity contribution in [2.45, 2.75) is 32.7 Å². The van der Waals surface area contributed by atoms with Crippen LogP contribution in [-0.2, 0) is 14.3 Å². The molecule has 1 aromatic rings. The number of amides is 2. The molecule has 1 aromatic carbocycles. The normalized spacial score (nSPS) is 15.2. The smallest absolute Gasteiger partial charge is 0.246 e. The van der Waals surface area contributed by atoms with Crippen molar-refractivity contribution in [2.75, 3.05) is 44.3 Å². The number of rotatable bonds is 7. The average Bonchev–Trinajstić information content (AvgIpc) is 2.60. The molecule has 1 aliphatic heterocycles. The molecule has 1 heterocycles. The number of para-hydroxylation sites is 1. The van der Waals surface area contributed by atoms with Crippen LogP contribution in [0.5, 0.6) is 0 Å². The van der Waals surface area contributed by atoms with E-state index in [1.54, 1.807) is 0 Å². The van der Waals surface area contributed by atoms with Gasteiger partial charge in [0.2, 0.25) is 11.8 Å². The minimum Gasteiger partial charge on any atom is -0.372 e. The zero-order chi connectivity index (χ0) is 18.3. The minimum atomic E-state index is -0.582.